The number of nitrogens with zero attached hydrogens (tertiary/aromatic N) is 1. The van der Waals surface area contributed by atoms with Gasteiger partial charge in [-0.2, -0.15) is 0 Å². The number of thiophene rings is 1. The molecule has 0 amide bonds. The summed E-state index contributed by atoms with van der Waals surface area (Å²) >= 11 is 2.00. The van der Waals surface area contributed by atoms with Crippen LogP contribution in [0.4, 0.5) is 0 Å². The summed E-state index contributed by atoms with van der Waals surface area (Å²) in [7, 11) is 4.56. The Morgan fingerprint density at radius 2 is 1.81 bits per heavy atom. The molecule has 0 saturated heterocycles. The number of aryl methyl sites for hydroxylation is 1. The van der Waals surface area contributed by atoms with Crippen LogP contribution in [-0.4, -0.2) is 37.1 Å². The average molecular weight is 309 g/mol. The molecule has 0 aliphatic heterocycles. The molecule has 1 atom stereocenters. The largest absolute Gasteiger partial charge is 0.312 e. The van der Waals surface area contributed by atoms with Crippen LogP contribution in [0, 0.1) is 0 Å². The molecule has 21 heavy (non-hydrogen) atoms. The van der Waals surface area contributed by atoms with Crippen molar-refractivity contribution < 1.29 is 0 Å². The summed E-state index contributed by atoms with van der Waals surface area (Å²) in [5.74, 6) is 0. The van der Waals surface area contributed by atoms with Gasteiger partial charge < -0.3 is 10.2 Å². The molecule has 1 heterocycles. The van der Waals surface area contributed by atoms with Crippen LogP contribution in [0.5, 0.6) is 0 Å². The summed E-state index contributed by atoms with van der Waals surface area (Å²) in [5.41, 5.74) is 0.338. The fraction of sp³-hybridized carbons (Fsp3) is 0.778. The third kappa shape index (κ3) is 3.88. The quantitative estimate of drug-likeness (QED) is 0.816. The number of rotatable bonds is 7. The first-order valence-electron chi connectivity index (χ1n) is 8.60. The molecule has 1 unspecified atom stereocenters. The molecule has 1 fully saturated rings. The minimum atomic E-state index is 0.338. The van der Waals surface area contributed by atoms with Crippen LogP contribution in [0.15, 0.2) is 12.1 Å². The number of nitrogens with one attached hydrogen (secondary N) is 1. The van der Waals surface area contributed by atoms with Gasteiger partial charge in [-0.1, -0.05) is 33.1 Å². The molecule has 0 radical (unpaired) electrons. The Kier molecular flexibility index (Phi) is 6.27. The third-order valence-corrected chi connectivity index (χ3v) is 6.43. The van der Waals surface area contributed by atoms with E-state index >= 15 is 0 Å². The molecule has 2 rings (SSSR count). The van der Waals surface area contributed by atoms with E-state index in [1.165, 1.54) is 43.4 Å². The first kappa shape index (κ1) is 17.0. The van der Waals surface area contributed by atoms with Crippen LogP contribution < -0.4 is 5.32 Å². The van der Waals surface area contributed by atoms with Crippen LogP contribution in [0.25, 0.3) is 0 Å². The fourth-order valence-corrected chi connectivity index (χ4v) is 4.90. The smallest absolute Gasteiger partial charge is 0.0359 e. The van der Waals surface area contributed by atoms with E-state index in [4.69, 9.17) is 0 Å². The number of hydrogen-bond acceptors (Lipinski definition) is 3. The predicted molar refractivity (Wildman–Crippen MR) is 94.4 cm³/mol. The molecule has 1 aliphatic rings. The highest BCUT2D eigenvalue weighted by Crippen LogP contribution is 2.37. The van der Waals surface area contributed by atoms with Gasteiger partial charge in [0.05, 0.1) is 0 Å². The van der Waals surface area contributed by atoms with Crippen molar-refractivity contribution in [1.29, 1.82) is 0 Å². The SMILES string of the molecule is CCNC(Cc1ccc(CC)s1)C1(N(C)C)CCCCC1. The minimum absolute atomic E-state index is 0.338. The van der Waals surface area contributed by atoms with Gasteiger partial charge in [0, 0.05) is 21.3 Å². The predicted octanol–water partition coefficient (Wildman–Crippen LogP) is 4.10. The molecule has 1 N–H and O–H groups in total. The van der Waals surface area contributed by atoms with Gasteiger partial charge in [0.1, 0.15) is 0 Å². The van der Waals surface area contributed by atoms with E-state index < -0.39 is 0 Å². The summed E-state index contributed by atoms with van der Waals surface area (Å²) in [4.78, 5) is 5.57. The molecule has 3 heteroatoms. The summed E-state index contributed by atoms with van der Waals surface area (Å²) in [5, 5.41) is 3.82. The Morgan fingerprint density at radius 3 is 2.33 bits per heavy atom. The molecule has 120 valence electrons. The fourth-order valence-electron chi connectivity index (χ4n) is 3.89. The summed E-state index contributed by atoms with van der Waals surface area (Å²) in [6, 6.07) is 5.23. The molecule has 0 bridgehead atoms. The van der Waals surface area contributed by atoms with Crippen LogP contribution in [0.3, 0.4) is 0 Å². The lowest BCUT2D eigenvalue weighted by Gasteiger charge is -2.49. The lowest BCUT2D eigenvalue weighted by molar-refractivity contribution is 0.0578. The summed E-state index contributed by atoms with van der Waals surface area (Å²) < 4.78 is 0. The van der Waals surface area contributed by atoms with Gasteiger partial charge in [-0.25, -0.2) is 0 Å². The zero-order chi connectivity index (χ0) is 15.3. The van der Waals surface area contributed by atoms with Crippen LogP contribution in [0.2, 0.25) is 0 Å². The maximum Gasteiger partial charge on any atom is 0.0359 e. The average Bonchev–Trinajstić information content (AvgIpc) is 2.95. The molecule has 2 nitrogen and oxygen atoms in total. The zero-order valence-electron chi connectivity index (χ0n) is 14.2. The van der Waals surface area contributed by atoms with Gasteiger partial charge in [0.25, 0.3) is 0 Å². The first-order chi connectivity index (χ1) is 10.1. The van der Waals surface area contributed by atoms with Crippen molar-refractivity contribution in [2.45, 2.75) is 70.4 Å². The highest BCUT2D eigenvalue weighted by Gasteiger charge is 2.41. The lowest BCUT2D eigenvalue weighted by atomic mass is 9.74. The summed E-state index contributed by atoms with van der Waals surface area (Å²) in [6.45, 7) is 5.55. The number of hydrogen-bond donors (Lipinski definition) is 1. The second-order valence-corrected chi connectivity index (χ2v) is 7.85. The van der Waals surface area contributed by atoms with Crippen LogP contribution in [0.1, 0.15) is 55.7 Å². The van der Waals surface area contributed by atoms with E-state index in [2.05, 4.69) is 50.3 Å². The van der Waals surface area contributed by atoms with E-state index in [-0.39, 0.29) is 0 Å². The Hall–Kier alpha value is -0.380. The molecule has 0 spiro atoms. The van der Waals surface area contributed by atoms with Gasteiger partial charge >= 0.3 is 0 Å². The molecular formula is C18H32N2S. The van der Waals surface area contributed by atoms with Gasteiger partial charge in [0.15, 0.2) is 0 Å². The maximum absolute atomic E-state index is 3.82. The molecule has 1 aromatic heterocycles. The molecule has 0 aromatic carbocycles. The molecule has 1 aliphatic carbocycles. The summed E-state index contributed by atoms with van der Waals surface area (Å²) in [6.07, 6.45) is 9.18. The second kappa shape index (κ2) is 7.75. The van der Waals surface area contributed by atoms with E-state index in [0.29, 0.717) is 11.6 Å². The second-order valence-electron chi connectivity index (χ2n) is 6.59. The zero-order valence-corrected chi connectivity index (χ0v) is 15.1. The highest BCUT2D eigenvalue weighted by atomic mass is 32.1. The lowest BCUT2D eigenvalue weighted by Crippen LogP contribution is -2.60. The van der Waals surface area contributed by atoms with Gasteiger partial charge in [-0.05, 0) is 58.5 Å². The van der Waals surface area contributed by atoms with E-state index in [1.54, 1.807) is 4.88 Å². The Morgan fingerprint density at radius 1 is 1.14 bits per heavy atom. The van der Waals surface area contributed by atoms with Gasteiger partial charge in [-0.3, -0.25) is 0 Å². The van der Waals surface area contributed by atoms with Gasteiger partial charge in [-0.15, -0.1) is 11.3 Å². The third-order valence-electron chi connectivity index (χ3n) is 5.18. The molecular weight excluding hydrogens is 276 g/mol. The molecule has 1 saturated carbocycles. The highest BCUT2D eigenvalue weighted by molar-refractivity contribution is 7.11. The van der Waals surface area contributed by atoms with Crippen LogP contribution >= 0.6 is 11.3 Å². The normalized spacial score (nSPS) is 19.9. The van der Waals surface area contributed by atoms with E-state index in [1.807, 2.05) is 11.3 Å². The van der Waals surface area contributed by atoms with Crippen molar-refractivity contribution >= 4 is 11.3 Å². The van der Waals surface area contributed by atoms with E-state index in [0.717, 1.165) is 13.0 Å². The van der Waals surface area contributed by atoms with Crippen molar-refractivity contribution in [3.63, 3.8) is 0 Å². The first-order valence-corrected chi connectivity index (χ1v) is 9.42. The monoisotopic (exact) mass is 308 g/mol. The Balaban J connectivity index is 2.18. The van der Waals surface area contributed by atoms with Crippen molar-refractivity contribution in [2.75, 3.05) is 20.6 Å². The Bertz CT molecular complexity index is 419. The van der Waals surface area contributed by atoms with Crippen LogP contribution in [-0.2, 0) is 12.8 Å². The maximum atomic E-state index is 3.82. The van der Waals surface area contributed by atoms with E-state index in [9.17, 15) is 0 Å². The number of likely N-dealkylation sites (N-methyl/N-ethyl adjacent to an activating group) is 2. The Labute approximate surface area is 134 Å². The minimum Gasteiger partial charge on any atom is -0.312 e. The van der Waals surface area contributed by atoms with Crippen molar-refractivity contribution in [3.8, 4) is 0 Å². The van der Waals surface area contributed by atoms with Crippen molar-refractivity contribution in [2.24, 2.45) is 0 Å². The van der Waals surface area contributed by atoms with Gasteiger partial charge in [0.2, 0.25) is 0 Å². The standard InChI is InChI=1S/C18H32N2S/c1-5-15-10-11-16(21-15)14-17(19-6-2)18(20(3)4)12-8-7-9-13-18/h10-11,17,19H,5-9,12-14H2,1-4H3. The molecule has 1 aromatic rings. The van der Waals surface area contributed by atoms with Crippen molar-refractivity contribution in [1.82, 2.24) is 10.2 Å². The van der Waals surface area contributed by atoms with Crippen molar-refractivity contribution in [3.05, 3.63) is 21.9 Å². The topological polar surface area (TPSA) is 15.3 Å².